The zero-order valence-electron chi connectivity index (χ0n) is 10.4. The van der Waals surface area contributed by atoms with Crippen LogP contribution in [0.1, 0.15) is 6.42 Å². The lowest BCUT2D eigenvalue weighted by atomic mass is 10.1. The molecule has 0 saturated carbocycles. The first-order valence-corrected chi connectivity index (χ1v) is 7.90. The Labute approximate surface area is 133 Å². The van der Waals surface area contributed by atoms with Crippen LogP contribution in [0.15, 0.2) is 17.0 Å². The highest BCUT2D eigenvalue weighted by molar-refractivity contribution is 7.89. The topological polar surface area (TPSA) is 63.4 Å². The van der Waals surface area contributed by atoms with Gasteiger partial charge in [-0.25, -0.2) is 12.8 Å². The molecule has 1 saturated heterocycles. The third-order valence-corrected chi connectivity index (χ3v) is 5.93. The fourth-order valence-corrected chi connectivity index (χ4v) is 4.78. The number of halogens is 4. The molecule has 20 heavy (non-hydrogen) atoms. The monoisotopic (exact) mass is 362 g/mol. The number of nitrogens with two attached hydrogens (primary N) is 1. The van der Waals surface area contributed by atoms with E-state index in [9.17, 15) is 12.8 Å². The van der Waals surface area contributed by atoms with Crippen molar-refractivity contribution >= 4 is 45.6 Å². The molecule has 0 aliphatic carbocycles. The predicted octanol–water partition coefficient (Wildman–Crippen LogP) is 2.52. The molecule has 2 N–H and O–H groups in total. The highest BCUT2D eigenvalue weighted by Gasteiger charge is 2.34. The summed E-state index contributed by atoms with van der Waals surface area (Å²) in [5, 5.41) is -0.414. The van der Waals surface area contributed by atoms with Crippen LogP contribution in [0.5, 0.6) is 0 Å². The second-order valence-electron chi connectivity index (χ2n) is 4.45. The molecule has 1 aliphatic heterocycles. The van der Waals surface area contributed by atoms with E-state index >= 15 is 0 Å². The number of hydrogen-bond acceptors (Lipinski definition) is 3. The van der Waals surface area contributed by atoms with Crippen LogP contribution in [0.2, 0.25) is 10.0 Å². The van der Waals surface area contributed by atoms with Crippen LogP contribution in [-0.2, 0) is 10.0 Å². The molecule has 9 heteroatoms. The molecular weight excluding hydrogens is 350 g/mol. The first kappa shape index (κ1) is 17.9. The normalized spacial score (nSPS) is 19.9. The molecule has 0 aromatic heterocycles. The molecule has 1 aromatic carbocycles. The largest absolute Gasteiger partial charge is 0.330 e. The van der Waals surface area contributed by atoms with E-state index < -0.39 is 15.8 Å². The molecule has 1 aromatic rings. The van der Waals surface area contributed by atoms with E-state index in [1.54, 1.807) is 0 Å². The summed E-state index contributed by atoms with van der Waals surface area (Å²) >= 11 is 11.6. The Morgan fingerprint density at radius 3 is 2.35 bits per heavy atom. The summed E-state index contributed by atoms with van der Waals surface area (Å²) in [7, 11) is -3.81. The summed E-state index contributed by atoms with van der Waals surface area (Å²) in [5.41, 5.74) is 5.53. The van der Waals surface area contributed by atoms with Gasteiger partial charge in [-0.3, -0.25) is 0 Å². The standard InChI is InChI=1S/C11H13Cl2FN2O2S.ClH/c12-9-3-8(14)4-10(13)11(9)19(17,18)16-2-1-7(5-15)6-16;/h3-4,7H,1-2,5-6,15H2;1H. The van der Waals surface area contributed by atoms with Gasteiger partial charge in [-0.15, -0.1) is 12.4 Å². The van der Waals surface area contributed by atoms with Gasteiger partial charge in [-0.1, -0.05) is 23.2 Å². The molecule has 0 bridgehead atoms. The fraction of sp³-hybridized carbons (Fsp3) is 0.455. The Kier molecular flexibility index (Phi) is 6.07. The van der Waals surface area contributed by atoms with Gasteiger partial charge in [0.05, 0.1) is 10.0 Å². The zero-order valence-corrected chi connectivity index (χ0v) is 13.5. The molecule has 1 fully saturated rings. The summed E-state index contributed by atoms with van der Waals surface area (Å²) in [6, 6.07) is 1.88. The summed E-state index contributed by atoms with van der Waals surface area (Å²) in [5.74, 6) is -0.539. The minimum Gasteiger partial charge on any atom is -0.330 e. The maximum Gasteiger partial charge on any atom is 0.246 e. The lowest BCUT2D eigenvalue weighted by Gasteiger charge is -2.18. The van der Waals surface area contributed by atoms with Crippen LogP contribution in [0.25, 0.3) is 0 Å². The average molecular weight is 364 g/mol. The van der Waals surface area contributed by atoms with Crippen LogP contribution in [-0.4, -0.2) is 32.4 Å². The lowest BCUT2D eigenvalue weighted by molar-refractivity contribution is 0.459. The van der Waals surface area contributed by atoms with Crippen molar-refractivity contribution in [1.29, 1.82) is 0 Å². The van der Waals surface area contributed by atoms with Gasteiger partial charge in [0.15, 0.2) is 0 Å². The maximum absolute atomic E-state index is 13.1. The van der Waals surface area contributed by atoms with Crippen molar-refractivity contribution in [2.45, 2.75) is 11.3 Å². The number of hydrogen-bond donors (Lipinski definition) is 1. The maximum atomic E-state index is 13.1. The Hall–Kier alpha value is -0.110. The van der Waals surface area contributed by atoms with Crippen LogP contribution >= 0.6 is 35.6 Å². The number of rotatable bonds is 3. The van der Waals surface area contributed by atoms with E-state index in [0.29, 0.717) is 26.1 Å². The van der Waals surface area contributed by atoms with Gasteiger partial charge < -0.3 is 5.73 Å². The Morgan fingerprint density at radius 2 is 1.90 bits per heavy atom. The second-order valence-corrected chi connectivity index (χ2v) is 7.14. The van der Waals surface area contributed by atoms with Crippen molar-refractivity contribution < 1.29 is 12.8 Å². The van der Waals surface area contributed by atoms with Crippen LogP contribution in [0.4, 0.5) is 4.39 Å². The average Bonchev–Trinajstić information content (AvgIpc) is 2.75. The van der Waals surface area contributed by atoms with Gasteiger partial charge in [0.2, 0.25) is 10.0 Å². The number of benzene rings is 1. The van der Waals surface area contributed by atoms with Crippen molar-refractivity contribution in [3.63, 3.8) is 0 Å². The Bertz CT molecular complexity index is 574. The summed E-state index contributed by atoms with van der Waals surface area (Å²) in [6.07, 6.45) is 0.701. The molecule has 2 rings (SSSR count). The Morgan fingerprint density at radius 1 is 1.35 bits per heavy atom. The highest BCUT2D eigenvalue weighted by Crippen LogP contribution is 2.34. The molecule has 0 spiro atoms. The van der Waals surface area contributed by atoms with Crippen molar-refractivity contribution in [3.05, 3.63) is 28.0 Å². The summed E-state index contributed by atoms with van der Waals surface area (Å²) < 4.78 is 39.3. The van der Waals surface area contributed by atoms with Gasteiger partial charge in [-0.05, 0) is 31.0 Å². The number of sulfonamides is 1. The van der Waals surface area contributed by atoms with Gasteiger partial charge in [0.25, 0.3) is 0 Å². The van der Waals surface area contributed by atoms with Crippen molar-refractivity contribution in [2.24, 2.45) is 11.7 Å². The minimum absolute atomic E-state index is 0. The first-order valence-electron chi connectivity index (χ1n) is 5.71. The van der Waals surface area contributed by atoms with E-state index in [1.807, 2.05) is 0 Å². The van der Waals surface area contributed by atoms with Gasteiger partial charge >= 0.3 is 0 Å². The predicted molar refractivity (Wildman–Crippen MR) is 79.6 cm³/mol. The molecule has 0 radical (unpaired) electrons. The zero-order chi connectivity index (χ0) is 14.2. The quantitative estimate of drug-likeness (QED) is 0.897. The summed E-state index contributed by atoms with van der Waals surface area (Å²) in [6.45, 7) is 1.13. The van der Waals surface area contributed by atoms with Crippen LogP contribution in [0, 0.1) is 11.7 Å². The summed E-state index contributed by atoms with van der Waals surface area (Å²) in [4.78, 5) is -0.241. The minimum atomic E-state index is -3.81. The molecule has 1 atom stereocenters. The molecule has 1 heterocycles. The highest BCUT2D eigenvalue weighted by atomic mass is 35.5. The third kappa shape index (κ3) is 3.37. The number of nitrogens with zero attached hydrogens (tertiary/aromatic N) is 1. The first-order chi connectivity index (χ1) is 8.86. The second kappa shape index (κ2) is 6.77. The van der Waals surface area contributed by atoms with Gasteiger partial charge in [0.1, 0.15) is 10.7 Å². The van der Waals surface area contributed by atoms with E-state index in [4.69, 9.17) is 28.9 Å². The molecule has 114 valence electrons. The van der Waals surface area contributed by atoms with Crippen molar-refractivity contribution in [1.82, 2.24) is 4.31 Å². The van der Waals surface area contributed by atoms with Crippen molar-refractivity contribution in [2.75, 3.05) is 19.6 Å². The van der Waals surface area contributed by atoms with E-state index in [-0.39, 0.29) is 33.3 Å². The van der Waals surface area contributed by atoms with Gasteiger partial charge in [0, 0.05) is 13.1 Å². The third-order valence-electron chi connectivity index (χ3n) is 3.14. The van der Waals surface area contributed by atoms with Crippen molar-refractivity contribution in [3.8, 4) is 0 Å². The van der Waals surface area contributed by atoms with Gasteiger partial charge in [-0.2, -0.15) is 4.31 Å². The fourth-order valence-electron chi connectivity index (χ4n) is 2.11. The SMILES string of the molecule is Cl.NCC1CCN(S(=O)(=O)c2c(Cl)cc(F)cc2Cl)C1. The smallest absolute Gasteiger partial charge is 0.246 e. The van der Waals surface area contributed by atoms with Crippen LogP contribution < -0.4 is 5.73 Å². The van der Waals surface area contributed by atoms with E-state index in [2.05, 4.69) is 0 Å². The van der Waals surface area contributed by atoms with E-state index in [0.717, 1.165) is 12.1 Å². The van der Waals surface area contributed by atoms with E-state index in [1.165, 1.54) is 4.31 Å². The molecule has 4 nitrogen and oxygen atoms in total. The molecule has 1 aliphatic rings. The molecular formula is C11H14Cl3FN2O2S. The van der Waals surface area contributed by atoms with Crippen LogP contribution in [0.3, 0.4) is 0 Å². The molecule has 0 amide bonds. The Balaban J connectivity index is 0.00000200. The lowest BCUT2D eigenvalue weighted by Crippen LogP contribution is -2.30. The molecule has 1 unspecified atom stereocenters.